The molecule has 2 amide bonds. The molecule has 2 heterocycles. The van der Waals surface area contributed by atoms with Crippen LogP contribution in [0.2, 0.25) is 0 Å². The number of rotatable bonds is 2. The molecule has 8 nitrogen and oxygen atoms in total. The summed E-state index contributed by atoms with van der Waals surface area (Å²) < 4.78 is 0. The van der Waals surface area contributed by atoms with Crippen molar-refractivity contribution >= 4 is 23.4 Å². The third-order valence-corrected chi connectivity index (χ3v) is 7.40. The molecule has 0 spiro atoms. The maximum atomic E-state index is 12.0. The van der Waals surface area contributed by atoms with E-state index in [-0.39, 0.29) is 52.2 Å². The number of hydrogen-bond donors (Lipinski definition) is 2. The number of hydrazine groups is 2. The number of benzene rings is 2. The summed E-state index contributed by atoms with van der Waals surface area (Å²) in [6, 6.07) is 19.5. The zero-order chi connectivity index (χ0) is 29.6. The molecule has 2 aromatic carbocycles. The van der Waals surface area contributed by atoms with Gasteiger partial charge in [-0.3, -0.25) is 30.0 Å². The van der Waals surface area contributed by atoms with Gasteiger partial charge in [0.25, 0.3) is 0 Å². The number of carbonyl (C=O) groups is 4. The molecule has 2 unspecified atom stereocenters. The summed E-state index contributed by atoms with van der Waals surface area (Å²) in [7, 11) is 0. The summed E-state index contributed by atoms with van der Waals surface area (Å²) in [5.74, 6) is -0.195. The van der Waals surface area contributed by atoms with E-state index in [1.54, 1.807) is 34.3 Å². The largest absolute Gasteiger partial charge is 0.299 e. The third-order valence-electron chi connectivity index (χ3n) is 7.40. The molecule has 0 aromatic heterocycles. The Morgan fingerprint density at radius 3 is 1.28 bits per heavy atom. The smallest absolute Gasteiger partial charge is 0.238 e. The van der Waals surface area contributed by atoms with Gasteiger partial charge in [-0.1, -0.05) is 85.0 Å². The predicted octanol–water partition coefficient (Wildman–Crippen LogP) is 4.86. The van der Waals surface area contributed by atoms with Crippen molar-refractivity contribution in [2.24, 2.45) is 0 Å². The normalized spacial score (nSPS) is 23.8. The van der Waals surface area contributed by atoms with Gasteiger partial charge in [-0.25, -0.2) is 10.0 Å². The van der Waals surface area contributed by atoms with Gasteiger partial charge in [0.15, 0.2) is 11.6 Å². The van der Waals surface area contributed by atoms with Crippen molar-refractivity contribution in [1.82, 2.24) is 20.9 Å². The summed E-state index contributed by atoms with van der Waals surface area (Å²) in [6.45, 7) is 3.05. The van der Waals surface area contributed by atoms with E-state index in [9.17, 15) is 19.2 Å². The topological polar surface area (TPSA) is 98.8 Å². The maximum absolute atomic E-state index is 12.0. The summed E-state index contributed by atoms with van der Waals surface area (Å²) in [5.41, 5.74) is 11.1. The van der Waals surface area contributed by atoms with E-state index in [0.29, 0.717) is 24.0 Å². The van der Waals surface area contributed by atoms with E-state index in [1.165, 1.54) is 26.0 Å². The molecule has 2 atom stereocenters. The molecule has 2 saturated heterocycles. The van der Waals surface area contributed by atoms with E-state index in [2.05, 4.69) is 10.9 Å². The average Bonchev–Trinajstić information content (AvgIpc) is 3.65. The van der Waals surface area contributed by atoms with Gasteiger partial charge in [0.1, 0.15) is 0 Å². The number of amides is 2. The van der Waals surface area contributed by atoms with Crippen LogP contribution in [-0.2, 0) is 36.0 Å². The molecule has 2 aliphatic heterocycles. The van der Waals surface area contributed by atoms with Crippen LogP contribution in [0.1, 0.15) is 49.9 Å². The van der Waals surface area contributed by atoms with Crippen LogP contribution in [0, 0.1) is 0 Å². The van der Waals surface area contributed by atoms with Gasteiger partial charge in [-0.2, -0.15) is 0 Å². The molecule has 2 aliphatic carbocycles. The fourth-order valence-corrected chi connectivity index (χ4v) is 5.36. The summed E-state index contributed by atoms with van der Waals surface area (Å²) in [6.07, 6.45) is 15.0. The second-order valence-corrected chi connectivity index (χ2v) is 10.2. The van der Waals surface area contributed by atoms with Crippen LogP contribution in [-0.4, -0.2) is 33.4 Å². The quantitative estimate of drug-likeness (QED) is 0.466. The van der Waals surface area contributed by atoms with Crippen molar-refractivity contribution in [2.75, 3.05) is 0 Å². The van der Waals surface area contributed by atoms with E-state index < -0.39 is 0 Å². The Balaban J connectivity index is 0.000000192. The van der Waals surface area contributed by atoms with Gasteiger partial charge >= 0.3 is 0 Å². The van der Waals surface area contributed by atoms with Gasteiger partial charge in [-0.05, 0) is 35.4 Å². The number of hydrogen-bond acceptors (Lipinski definition) is 6. The Morgan fingerprint density at radius 2 is 0.953 bits per heavy atom. The molecule has 2 aromatic rings. The van der Waals surface area contributed by atoms with Crippen LogP contribution in [0.25, 0.3) is 0 Å². The third kappa shape index (κ3) is 7.02. The first-order valence-electron chi connectivity index (χ1n) is 13.8. The monoisotopic (exact) mass is 619 g/mol. The molecule has 4 aliphatic rings. The van der Waals surface area contributed by atoms with Gasteiger partial charge in [0, 0.05) is 66.0 Å². The zero-order valence-electron chi connectivity index (χ0n) is 23.8. The first-order valence-corrected chi connectivity index (χ1v) is 13.8. The SMILES string of the molecule is CC(=O)N1N/C(=C2/C=CC=CC2=O)CC1c1ccccc1.CC(=O)N1N/C(=C2/C=CC=CC2=O)CC1c1ccccc1.[Co]. The summed E-state index contributed by atoms with van der Waals surface area (Å²) in [4.78, 5) is 47.7. The van der Waals surface area contributed by atoms with E-state index in [0.717, 1.165) is 22.5 Å². The standard InChI is InChI=1S/2C17H16N2O2.Co/c2*1-12(20)19-16(13-7-3-2-4-8-13)11-15(18-19)14-9-5-6-10-17(14)21;/h2*2-10,16,18H,11H2,1H3;/b2*15-14-;. The van der Waals surface area contributed by atoms with Crippen molar-refractivity contribution in [3.8, 4) is 0 Å². The molecule has 221 valence electrons. The first kappa shape index (κ1) is 31.2. The van der Waals surface area contributed by atoms with E-state index in [1.807, 2.05) is 72.8 Å². The number of nitrogens with zero attached hydrogens (tertiary/aromatic N) is 2. The van der Waals surface area contributed by atoms with Crippen molar-refractivity contribution < 1.29 is 36.0 Å². The van der Waals surface area contributed by atoms with Crippen LogP contribution in [0.15, 0.2) is 132 Å². The van der Waals surface area contributed by atoms with Gasteiger partial charge in [0.2, 0.25) is 11.8 Å². The number of carbonyl (C=O) groups excluding carboxylic acids is 4. The number of ketones is 2. The number of allylic oxidation sites excluding steroid dienone is 10. The molecule has 2 fully saturated rings. The molecule has 9 heteroatoms. The molecule has 0 bridgehead atoms. The molecular weight excluding hydrogens is 587 g/mol. The van der Waals surface area contributed by atoms with Crippen LogP contribution >= 0.6 is 0 Å². The van der Waals surface area contributed by atoms with Crippen molar-refractivity contribution in [2.45, 2.75) is 38.8 Å². The molecule has 2 N–H and O–H groups in total. The first-order chi connectivity index (χ1) is 20.3. The molecule has 1 radical (unpaired) electrons. The summed E-state index contributed by atoms with van der Waals surface area (Å²) in [5, 5.41) is 3.19. The fourth-order valence-electron chi connectivity index (χ4n) is 5.36. The minimum Gasteiger partial charge on any atom is -0.299 e. The maximum Gasteiger partial charge on any atom is 0.238 e. The van der Waals surface area contributed by atoms with Crippen LogP contribution < -0.4 is 10.9 Å². The second kappa shape index (κ2) is 14.0. The van der Waals surface area contributed by atoms with E-state index in [4.69, 9.17) is 0 Å². The Hall–Kier alpha value is -4.73. The Kier molecular flexibility index (Phi) is 10.1. The molecular formula is C34H32CoN4O4. The van der Waals surface area contributed by atoms with Crippen molar-refractivity contribution in [1.29, 1.82) is 0 Å². The van der Waals surface area contributed by atoms with Crippen molar-refractivity contribution in [3.05, 3.63) is 143 Å². The van der Waals surface area contributed by atoms with Crippen LogP contribution in [0.3, 0.4) is 0 Å². The van der Waals surface area contributed by atoms with Gasteiger partial charge < -0.3 is 0 Å². The zero-order valence-corrected chi connectivity index (χ0v) is 24.9. The fraction of sp³-hybridized carbons (Fsp3) is 0.176. The van der Waals surface area contributed by atoms with Gasteiger partial charge in [-0.15, -0.1) is 0 Å². The minimum absolute atomic E-state index is 0. The molecule has 43 heavy (non-hydrogen) atoms. The molecule has 0 saturated carbocycles. The average molecular weight is 620 g/mol. The molecule has 6 rings (SSSR count). The predicted molar refractivity (Wildman–Crippen MR) is 160 cm³/mol. The van der Waals surface area contributed by atoms with Crippen molar-refractivity contribution in [3.63, 3.8) is 0 Å². The Bertz CT molecular complexity index is 1470. The Morgan fingerprint density at radius 1 is 0.605 bits per heavy atom. The van der Waals surface area contributed by atoms with E-state index >= 15 is 0 Å². The summed E-state index contributed by atoms with van der Waals surface area (Å²) >= 11 is 0. The van der Waals surface area contributed by atoms with Crippen LogP contribution in [0.4, 0.5) is 0 Å². The van der Waals surface area contributed by atoms with Gasteiger partial charge in [0.05, 0.1) is 12.1 Å². The Labute approximate surface area is 261 Å². The number of nitrogens with one attached hydrogen (secondary N) is 2. The second-order valence-electron chi connectivity index (χ2n) is 10.2. The van der Waals surface area contributed by atoms with Crippen LogP contribution in [0.5, 0.6) is 0 Å². The minimum atomic E-state index is -0.0849.